The summed E-state index contributed by atoms with van der Waals surface area (Å²) >= 11 is 0. The molecule has 1 saturated heterocycles. The fourth-order valence-corrected chi connectivity index (χ4v) is 1.77. The third kappa shape index (κ3) is 2.64. The molecule has 1 heterocycles. The maximum atomic E-state index is 13.8. The van der Waals surface area contributed by atoms with Gasteiger partial charge in [-0.15, -0.1) is 0 Å². The summed E-state index contributed by atoms with van der Waals surface area (Å²) in [6, 6.07) is 6.64. The average molecular weight is 235 g/mol. The highest BCUT2D eigenvalue weighted by Gasteiger charge is 2.19. The van der Waals surface area contributed by atoms with Gasteiger partial charge in [0.1, 0.15) is 11.6 Å². The highest BCUT2D eigenvalue weighted by Crippen LogP contribution is 2.21. The van der Waals surface area contributed by atoms with Crippen LogP contribution in [0.4, 0.5) is 4.39 Å². The minimum Gasteiger partial charge on any atom is -0.497 e. The van der Waals surface area contributed by atoms with Crippen LogP contribution in [0.5, 0.6) is 5.75 Å². The lowest BCUT2D eigenvalue weighted by Gasteiger charge is -2.09. The predicted octanol–water partition coefficient (Wildman–Crippen LogP) is 2.59. The molecule has 90 valence electrons. The molecular formula is C13H14FNO2. The fourth-order valence-electron chi connectivity index (χ4n) is 1.77. The quantitative estimate of drug-likeness (QED) is 0.805. The van der Waals surface area contributed by atoms with Crippen molar-refractivity contribution in [2.45, 2.75) is 12.8 Å². The molecule has 1 aromatic carbocycles. The molecule has 1 aliphatic heterocycles. The molecule has 0 aromatic heterocycles. The highest BCUT2D eigenvalue weighted by molar-refractivity contribution is 5.80. The van der Waals surface area contributed by atoms with Crippen LogP contribution >= 0.6 is 0 Å². The van der Waals surface area contributed by atoms with Crippen molar-refractivity contribution in [3.8, 4) is 5.75 Å². The van der Waals surface area contributed by atoms with Crippen molar-refractivity contribution >= 4 is 11.7 Å². The van der Waals surface area contributed by atoms with Crippen LogP contribution in [0, 0.1) is 0 Å². The van der Waals surface area contributed by atoms with Crippen molar-refractivity contribution in [1.29, 1.82) is 0 Å². The molecule has 0 aliphatic carbocycles. The van der Waals surface area contributed by atoms with Crippen LogP contribution in [0.25, 0.3) is 5.83 Å². The zero-order valence-electron chi connectivity index (χ0n) is 9.65. The molecular weight excluding hydrogens is 221 g/mol. The topological polar surface area (TPSA) is 29.5 Å². The Bertz CT molecular complexity index is 439. The van der Waals surface area contributed by atoms with Gasteiger partial charge in [-0.3, -0.25) is 4.79 Å². The summed E-state index contributed by atoms with van der Waals surface area (Å²) < 4.78 is 18.8. The number of rotatable bonds is 3. The predicted molar refractivity (Wildman–Crippen MR) is 63.0 cm³/mol. The number of hydrogen-bond donors (Lipinski definition) is 0. The Morgan fingerprint density at radius 1 is 1.41 bits per heavy atom. The van der Waals surface area contributed by atoms with E-state index in [1.54, 1.807) is 31.4 Å². The lowest BCUT2D eigenvalue weighted by molar-refractivity contribution is -0.125. The maximum absolute atomic E-state index is 13.8. The number of hydrogen-bond acceptors (Lipinski definition) is 2. The molecule has 0 atom stereocenters. The van der Waals surface area contributed by atoms with Crippen molar-refractivity contribution in [3.63, 3.8) is 0 Å². The van der Waals surface area contributed by atoms with Crippen LogP contribution in [-0.4, -0.2) is 24.5 Å². The van der Waals surface area contributed by atoms with Gasteiger partial charge in [0, 0.05) is 24.7 Å². The van der Waals surface area contributed by atoms with Crippen molar-refractivity contribution in [2.75, 3.05) is 13.7 Å². The van der Waals surface area contributed by atoms with Crippen LogP contribution in [0.2, 0.25) is 0 Å². The third-order valence-electron chi connectivity index (χ3n) is 2.74. The summed E-state index contributed by atoms with van der Waals surface area (Å²) in [6.07, 6.45) is 2.58. The summed E-state index contributed by atoms with van der Waals surface area (Å²) in [5, 5.41) is 0. The van der Waals surface area contributed by atoms with Gasteiger partial charge in [0.2, 0.25) is 5.91 Å². The number of ether oxygens (including phenoxy) is 1. The smallest absolute Gasteiger partial charge is 0.226 e. The lowest BCUT2D eigenvalue weighted by Crippen LogP contribution is -2.17. The Labute approximate surface area is 99.5 Å². The Balaban J connectivity index is 2.15. The zero-order valence-corrected chi connectivity index (χ0v) is 9.65. The standard InChI is InChI=1S/C13H14FNO2/c1-17-11-6-4-10(5-7-11)12(14)9-15-8-2-3-13(15)16/h4-7,9H,2-3,8H2,1H3/b12-9-. The van der Waals surface area contributed by atoms with Crippen LogP contribution in [0.3, 0.4) is 0 Å². The van der Waals surface area contributed by atoms with Gasteiger partial charge in [-0.05, 0) is 30.7 Å². The van der Waals surface area contributed by atoms with E-state index < -0.39 is 5.83 Å². The van der Waals surface area contributed by atoms with Crippen LogP contribution in [-0.2, 0) is 4.79 Å². The molecule has 1 aromatic rings. The van der Waals surface area contributed by atoms with Gasteiger partial charge >= 0.3 is 0 Å². The summed E-state index contributed by atoms with van der Waals surface area (Å²) in [5.74, 6) is 0.260. The molecule has 1 amide bonds. The molecule has 17 heavy (non-hydrogen) atoms. The first-order valence-electron chi connectivity index (χ1n) is 5.52. The van der Waals surface area contributed by atoms with Crippen molar-refractivity contribution in [3.05, 3.63) is 36.0 Å². The Morgan fingerprint density at radius 2 is 2.12 bits per heavy atom. The van der Waals surface area contributed by atoms with Crippen molar-refractivity contribution in [1.82, 2.24) is 4.90 Å². The second kappa shape index (κ2) is 4.99. The first-order chi connectivity index (χ1) is 8.20. The van der Waals surface area contributed by atoms with Crippen LogP contribution < -0.4 is 4.74 Å². The number of benzene rings is 1. The first kappa shape index (κ1) is 11.6. The molecule has 0 saturated carbocycles. The number of likely N-dealkylation sites (tertiary alicyclic amines) is 1. The minimum absolute atomic E-state index is 0.0198. The van der Waals surface area contributed by atoms with E-state index in [1.165, 1.54) is 11.1 Å². The van der Waals surface area contributed by atoms with Gasteiger partial charge < -0.3 is 9.64 Å². The Kier molecular flexibility index (Phi) is 3.42. The fraction of sp³-hybridized carbons (Fsp3) is 0.308. The number of carbonyl (C=O) groups excluding carboxylic acids is 1. The normalized spacial score (nSPS) is 16.5. The second-order valence-electron chi connectivity index (χ2n) is 3.90. The summed E-state index contributed by atoms with van der Waals surface area (Å²) in [4.78, 5) is 12.8. The molecule has 3 nitrogen and oxygen atoms in total. The average Bonchev–Trinajstić information content (AvgIpc) is 2.75. The van der Waals surface area contributed by atoms with Crippen LogP contribution in [0.1, 0.15) is 18.4 Å². The van der Waals surface area contributed by atoms with E-state index in [2.05, 4.69) is 0 Å². The molecule has 1 aliphatic rings. The second-order valence-corrected chi connectivity index (χ2v) is 3.90. The van der Waals surface area contributed by atoms with E-state index in [0.717, 1.165) is 6.42 Å². The van der Waals surface area contributed by atoms with E-state index in [4.69, 9.17) is 4.74 Å². The van der Waals surface area contributed by atoms with E-state index >= 15 is 0 Å². The van der Waals surface area contributed by atoms with E-state index in [-0.39, 0.29) is 5.91 Å². The molecule has 0 radical (unpaired) electrons. The zero-order chi connectivity index (χ0) is 12.3. The number of methoxy groups -OCH3 is 1. The third-order valence-corrected chi connectivity index (χ3v) is 2.74. The van der Waals surface area contributed by atoms with Crippen molar-refractivity contribution in [2.24, 2.45) is 0 Å². The van der Waals surface area contributed by atoms with Gasteiger partial charge in [0.25, 0.3) is 0 Å². The molecule has 1 fully saturated rings. The lowest BCUT2D eigenvalue weighted by atomic mass is 10.2. The van der Waals surface area contributed by atoms with Gasteiger partial charge in [-0.2, -0.15) is 0 Å². The summed E-state index contributed by atoms with van der Waals surface area (Å²) in [7, 11) is 1.56. The largest absolute Gasteiger partial charge is 0.497 e. The number of carbonyl (C=O) groups is 1. The molecule has 0 bridgehead atoms. The molecule has 0 unspecified atom stereocenters. The minimum atomic E-state index is -0.400. The molecule has 4 heteroatoms. The first-order valence-corrected chi connectivity index (χ1v) is 5.52. The summed E-state index contributed by atoms with van der Waals surface area (Å²) in [5.41, 5.74) is 0.450. The van der Waals surface area contributed by atoms with Gasteiger partial charge in [0.05, 0.1) is 7.11 Å². The Hall–Kier alpha value is -1.84. The SMILES string of the molecule is COc1ccc(/C(F)=C/N2CCCC2=O)cc1. The van der Waals surface area contributed by atoms with Gasteiger partial charge in [-0.25, -0.2) is 4.39 Å². The highest BCUT2D eigenvalue weighted by atomic mass is 19.1. The monoisotopic (exact) mass is 235 g/mol. The van der Waals surface area contributed by atoms with E-state index in [0.29, 0.717) is 24.3 Å². The molecule has 0 N–H and O–H groups in total. The van der Waals surface area contributed by atoms with Gasteiger partial charge in [0.15, 0.2) is 0 Å². The Morgan fingerprint density at radius 3 is 2.65 bits per heavy atom. The number of halogens is 1. The van der Waals surface area contributed by atoms with E-state index in [1.807, 2.05) is 0 Å². The molecule has 2 rings (SSSR count). The van der Waals surface area contributed by atoms with Gasteiger partial charge in [-0.1, -0.05) is 0 Å². The number of nitrogens with zero attached hydrogens (tertiary/aromatic N) is 1. The molecule has 0 spiro atoms. The van der Waals surface area contributed by atoms with E-state index in [9.17, 15) is 9.18 Å². The number of amides is 1. The van der Waals surface area contributed by atoms with Crippen molar-refractivity contribution < 1.29 is 13.9 Å². The maximum Gasteiger partial charge on any atom is 0.226 e. The summed E-state index contributed by atoms with van der Waals surface area (Å²) in [6.45, 7) is 0.600. The van der Waals surface area contributed by atoms with Crippen LogP contribution in [0.15, 0.2) is 30.5 Å².